The second kappa shape index (κ2) is 5.41. The molecule has 1 aliphatic heterocycles. The zero-order valence-corrected chi connectivity index (χ0v) is 12.3. The van der Waals surface area contributed by atoms with E-state index in [2.05, 4.69) is 17.6 Å². The highest BCUT2D eigenvalue weighted by Gasteiger charge is 2.54. The van der Waals surface area contributed by atoms with Crippen LogP contribution >= 0.6 is 12.6 Å². The lowest BCUT2D eigenvalue weighted by molar-refractivity contribution is -0.245. The predicted octanol–water partition coefficient (Wildman–Crippen LogP) is -0.354. The van der Waals surface area contributed by atoms with Gasteiger partial charge in [-0.15, -0.1) is 12.6 Å². The van der Waals surface area contributed by atoms with Crippen LogP contribution in [0.4, 0.5) is 0 Å². The number of fused-ring (bicyclic) bond motifs is 1. The molecule has 0 aliphatic carbocycles. The Balaban J connectivity index is 2.09. The average Bonchev–Trinajstić information content (AvgIpc) is 2.83. The van der Waals surface area contributed by atoms with Gasteiger partial charge < -0.3 is 35.3 Å². The van der Waals surface area contributed by atoms with Crippen molar-refractivity contribution < 1.29 is 30.3 Å². The molecule has 0 spiro atoms. The van der Waals surface area contributed by atoms with Crippen LogP contribution in [0.2, 0.25) is 0 Å². The number of nitrogens with one attached hydrogen (secondary N) is 1. The van der Waals surface area contributed by atoms with Crippen molar-refractivity contribution in [1.29, 1.82) is 0 Å². The highest BCUT2D eigenvalue weighted by atomic mass is 32.1. The molecule has 2 heterocycles. The molecule has 22 heavy (non-hydrogen) atoms. The molecule has 1 fully saturated rings. The first kappa shape index (κ1) is 15.6. The molecule has 0 saturated carbocycles. The predicted molar refractivity (Wildman–Crippen MR) is 80.6 cm³/mol. The van der Waals surface area contributed by atoms with Crippen LogP contribution < -0.4 is 0 Å². The normalized spacial score (nSPS) is 35.9. The van der Waals surface area contributed by atoms with Crippen LogP contribution in [-0.4, -0.2) is 60.4 Å². The van der Waals surface area contributed by atoms with E-state index in [0.29, 0.717) is 10.9 Å². The third-order valence-electron chi connectivity index (χ3n) is 3.99. The summed E-state index contributed by atoms with van der Waals surface area (Å²) >= 11 is 3.99. The number of benzene rings is 1. The first-order chi connectivity index (χ1) is 10.4. The summed E-state index contributed by atoms with van der Waals surface area (Å²) in [7, 11) is 0. The quantitative estimate of drug-likeness (QED) is 0.298. The number of aliphatic hydroxyl groups excluding tert-OH is 3. The molecule has 120 valence electrons. The summed E-state index contributed by atoms with van der Waals surface area (Å²) < 4.78 is 5.45. The summed E-state index contributed by atoms with van der Waals surface area (Å²) in [6, 6.07) is 6.92. The van der Waals surface area contributed by atoms with Gasteiger partial charge in [-0.25, -0.2) is 0 Å². The lowest BCUT2D eigenvalue weighted by Gasteiger charge is -2.45. The van der Waals surface area contributed by atoms with Gasteiger partial charge in [0.2, 0.25) is 0 Å². The van der Waals surface area contributed by atoms with Gasteiger partial charge in [-0.1, -0.05) is 12.1 Å². The van der Waals surface area contributed by atoms with Crippen molar-refractivity contribution >= 4 is 23.5 Å². The van der Waals surface area contributed by atoms with E-state index in [1.807, 2.05) is 0 Å². The Labute approximate surface area is 131 Å². The molecule has 0 unspecified atom stereocenters. The smallest absolute Gasteiger partial charge is 0.168 e. The van der Waals surface area contributed by atoms with Crippen molar-refractivity contribution in [2.45, 2.75) is 29.3 Å². The Morgan fingerprint density at radius 2 is 1.95 bits per heavy atom. The average molecular weight is 327 g/mol. The molecule has 0 amide bonds. The van der Waals surface area contributed by atoms with Crippen molar-refractivity contribution in [3.63, 3.8) is 0 Å². The van der Waals surface area contributed by atoms with E-state index in [-0.39, 0.29) is 11.4 Å². The molecule has 7 nitrogen and oxygen atoms in total. The fourth-order valence-corrected chi connectivity index (χ4v) is 3.08. The number of aromatic hydroxyl groups is 1. The molecule has 0 bridgehead atoms. The largest absolute Gasteiger partial charge is 0.505 e. The zero-order chi connectivity index (χ0) is 16.1. The summed E-state index contributed by atoms with van der Waals surface area (Å²) in [5, 5.41) is 50.4. The monoisotopic (exact) mass is 327 g/mol. The van der Waals surface area contributed by atoms with E-state index in [9.17, 15) is 25.5 Å². The third-order valence-corrected chi connectivity index (χ3v) is 4.48. The summed E-state index contributed by atoms with van der Waals surface area (Å²) in [5.41, 5.74) is 0.729. The van der Waals surface area contributed by atoms with Gasteiger partial charge in [-0.05, 0) is 12.1 Å². The minimum Gasteiger partial charge on any atom is -0.505 e. The maximum atomic E-state index is 10.4. The van der Waals surface area contributed by atoms with Crippen molar-refractivity contribution in [1.82, 2.24) is 4.98 Å². The standard InChI is InChI=1S/C14H17NO6S/c16-5-8-11(18)12(19)14(20,22)13(21-8)9-10(17)6-3-1-2-4-7(6)15-9/h1-4,8,11-13,15-20,22H,5H2/t8-,11-,12+,13+,14+/m1/s1. The SMILES string of the molecule is OC[C@H]1O[C@@H](c2[nH]c3ccccc3c2O)[C@@](O)(S)[C@@H](O)[C@@H]1O. The summed E-state index contributed by atoms with van der Waals surface area (Å²) in [5.74, 6) is -0.145. The van der Waals surface area contributed by atoms with Crippen molar-refractivity contribution in [3.05, 3.63) is 30.0 Å². The lowest BCUT2D eigenvalue weighted by Crippen LogP contribution is -2.60. The highest BCUT2D eigenvalue weighted by molar-refractivity contribution is 7.81. The van der Waals surface area contributed by atoms with Crippen molar-refractivity contribution in [3.8, 4) is 5.75 Å². The van der Waals surface area contributed by atoms with E-state index in [4.69, 9.17) is 4.74 Å². The third kappa shape index (κ3) is 2.19. The maximum Gasteiger partial charge on any atom is 0.168 e. The van der Waals surface area contributed by atoms with Crippen LogP contribution in [0.3, 0.4) is 0 Å². The summed E-state index contributed by atoms with van der Waals surface area (Å²) in [4.78, 5) is 0.762. The van der Waals surface area contributed by atoms with E-state index in [0.717, 1.165) is 0 Å². The number of H-pyrrole nitrogens is 1. The number of rotatable bonds is 2. The number of thiol groups is 1. The van der Waals surface area contributed by atoms with Crippen molar-refractivity contribution in [2.24, 2.45) is 0 Å². The molecular formula is C14H17NO6S. The second-order valence-electron chi connectivity index (χ2n) is 5.39. The van der Waals surface area contributed by atoms with E-state index in [1.165, 1.54) is 0 Å². The van der Waals surface area contributed by atoms with Crippen LogP contribution in [0.15, 0.2) is 24.3 Å². The fourth-order valence-electron chi connectivity index (χ4n) is 2.73. The van der Waals surface area contributed by atoms with E-state index in [1.54, 1.807) is 24.3 Å². The Morgan fingerprint density at radius 3 is 2.59 bits per heavy atom. The number of hydrogen-bond acceptors (Lipinski definition) is 7. The molecule has 1 aliphatic rings. The Bertz CT molecular complexity index is 687. The van der Waals surface area contributed by atoms with E-state index < -0.39 is 36.0 Å². The number of aromatic nitrogens is 1. The van der Waals surface area contributed by atoms with Gasteiger partial charge in [0.25, 0.3) is 0 Å². The first-order valence-corrected chi connectivity index (χ1v) is 7.19. The number of ether oxygens (including phenoxy) is 1. The molecular weight excluding hydrogens is 310 g/mol. The molecule has 5 atom stereocenters. The Morgan fingerprint density at radius 1 is 1.27 bits per heavy atom. The van der Waals surface area contributed by atoms with Gasteiger partial charge in [0.1, 0.15) is 30.2 Å². The maximum absolute atomic E-state index is 10.4. The van der Waals surface area contributed by atoms with Gasteiger partial charge >= 0.3 is 0 Å². The molecule has 3 rings (SSSR count). The van der Waals surface area contributed by atoms with Crippen LogP contribution in [0, 0.1) is 0 Å². The molecule has 8 heteroatoms. The Hall–Kier alpha value is -1.29. The summed E-state index contributed by atoms with van der Waals surface area (Å²) in [6.07, 6.45) is -5.55. The Kier molecular flexibility index (Phi) is 3.84. The number of aliphatic hydroxyl groups is 4. The molecule has 1 aromatic carbocycles. The van der Waals surface area contributed by atoms with Gasteiger partial charge in [0.15, 0.2) is 4.93 Å². The number of aromatic amines is 1. The van der Waals surface area contributed by atoms with E-state index >= 15 is 0 Å². The van der Waals surface area contributed by atoms with Crippen LogP contribution in [0.1, 0.15) is 11.8 Å². The topological polar surface area (TPSA) is 126 Å². The van der Waals surface area contributed by atoms with Gasteiger partial charge in [-0.3, -0.25) is 0 Å². The fraction of sp³-hybridized carbons (Fsp3) is 0.429. The lowest BCUT2D eigenvalue weighted by atomic mass is 9.92. The van der Waals surface area contributed by atoms with Crippen molar-refractivity contribution in [2.75, 3.05) is 6.61 Å². The second-order valence-corrected chi connectivity index (χ2v) is 6.10. The first-order valence-electron chi connectivity index (χ1n) is 6.74. The van der Waals surface area contributed by atoms with Crippen LogP contribution in [0.25, 0.3) is 10.9 Å². The van der Waals surface area contributed by atoms with Gasteiger partial charge in [0, 0.05) is 10.9 Å². The van der Waals surface area contributed by atoms with Crippen LogP contribution in [0.5, 0.6) is 5.75 Å². The minimum absolute atomic E-state index is 0.114. The molecule has 1 saturated heterocycles. The molecule has 0 radical (unpaired) electrons. The molecule has 6 N–H and O–H groups in total. The van der Waals surface area contributed by atoms with Gasteiger partial charge in [-0.2, -0.15) is 0 Å². The molecule has 1 aromatic heterocycles. The minimum atomic E-state index is -2.15. The zero-order valence-electron chi connectivity index (χ0n) is 11.4. The van der Waals surface area contributed by atoms with Gasteiger partial charge in [0.05, 0.1) is 12.3 Å². The highest BCUT2D eigenvalue weighted by Crippen LogP contribution is 2.46. The molecule has 2 aromatic rings. The number of hydrogen-bond donors (Lipinski definition) is 7. The number of para-hydroxylation sites is 1. The van der Waals surface area contributed by atoms with Crippen LogP contribution in [-0.2, 0) is 4.74 Å². The summed E-state index contributed by atoms with van der Waals surface area (Å²) in [6.45, 7) is -0.556.